The van der Waals surface area contributed by atoms with Crippen molar-refractivity contribution in [1.82, 2.24) is 10.2 Å². The lowest BCUT2D eigenvalue weighted by molar-refractivity contribution is 0.120. The second kappa shape index (κ2) is 6.87. The van der Waals surface area contributed by atoms with E-state index in [9.17, 15) is 8.42 Å². The van der Waals surface area contributed by atoms with Crippen molar-refractivity contribution in [3.63, 3.8) is 0 Å². The molecule has 1 unspecified atom stereocenters. The standard InChI is InChI=1S/C10H17N3O3S3/c1-19(14,15)6-5-17-10-13-12-9(18-10)11-7-8-3-2-4-16-8/h8H,2-7H2,1H3,(H,11,12). The molecule has 1 saturated heterocycles. The third-order valence-electron chi connectivity index (χ3n) is 2.59. The first-order valence-electron chi connectivity index (χ1n) is 6.02. The molecule has 1 aromatic heterocycles. The largest absolute Gasteiger partial charge is 0.376 e. The summed E-state index contributed by atoms with van der Waals surface area (Å²) in [6.45, 7) is 1.59. The van der Waals surface area contributed by atoms with E-state index in [1.54, 1.807) is 0 Å². The molecule has 0 spiro atoms. The van der Waals surface area contributed by atoms with Gasteiger partial charge in [-0.1, -0.05) is 23.1 Å². The van der Waals surface area contributed by atoms with Crippen molar-refractivity contribution in [2.45, 2.75) is 23.3 Å². The quantitative estimate of drug-likeness (QED) is 0.757. The Bertz CT molecular complexity index is 497. The highest BCUT2D eigenvalue weighted by atomic mass is 32.2. The van der Waals surface area contributed by atoms with E-state index >= 15 is 0 Å². The molecule has 2 rings (SSSR count). The average Bonchev–Trinajstić information content (AvgIpc) is 2.94. The topological polar surface area (TPSA) is 81.2 Å². The van der Waals surface area contributed by atoms with Gasteiger partial charge in [-0.25, -0.2) is 8.42 Å². The maximum Gasteiger partial charge on any atom is 0.206 e. The normalized spacial score (nSPS) is 19.7. The fourth-order valence-corrected chi connectivity index (χ4v) is 4.65. The minimum absolute atomic E-state index is 0.163. The molecule has 1 aromatic rings. The second-order valence-electron chi connectivity index (χ2n) is 4.37. The van der Waals surface area contributed by atoms with Crippen LogP contribution < -0.4 is 5.32 Å². The molecule has 108 valence electrons. The van der Waals surface area contributed by atoms with Gasteiger partial charge >= 0.3 is 0 Å². The number of nitrogens with one attached hydrogen (secondary N) is 1. The summed E-state index contributed by atoms with van der Waals surface area (Å²) in [6, 6.07) is 0. The fraction of sp³-hybridized carbons (Fsp3) is 0.800. The van der Waals surface area contributed by atoms with E-state index in [1.807, 2.05) is 0 Å². The van der Waals surface area contributed by atoms with Crippen LogP contribution in [0.2, 0.25) is 0 Å². The van der Waals surface area contributed by atoms with E-state index in [0.29, 0.717) is 5.75 Å². The average molecular weight is 323 g/mol. The lowest BCUT2D eigenvalue weighted by atomic mass is 10.2. The Kier molecular flexibility index (Phi) is 5.43. The van der Waals surface area contributed by atoms with Gasteiger partial charge in [-0.15, -0.1) is 10.2 Å². The van der Waals surface area contributed by atoms with Gasteiger partial charge in [0.25, 0.3) is 0 Å². The van der Waals surface area contributed by atoms with Crippen LogP contribution in [0.3, 0.4) is 0 Å². The van der Waals surface area contributed by atoms with Crippen LogP contribution in [-0.4, -0.2) is 55.6 Å². The zero-order valence-electron chi connectivity index (χ0n) is 10.7. The Morgan fingerprint density at radius 3 is 3.05 bits per heavy atom. The van der Waals surface area contributed by atoms with Gasteiger partial charge in [0.1, 0.15) is 9.84 Å². The predicted molar refractivity (Wildman–Crippen MR) is 77.8 cm³/mol. The molecule has 0 bridgehead atoms. The molecule has 19 heavy (non-hydrogen) atoms. The van der Waals surface area contributed by atoms with Crippen molar-refractivity contribution in [3.05, 3.63) is 0 Å². The van der Waals surface area contributed by atoms with E-state index in [1.165, 1.54) is 29.4 Å². The molecule has 1 atom stereocenters. The van der Waals surface area contributed by atoms with Crippen LogP contribution in [-0.2, 0) is 14.6 Å². The molecule has 1 aliphatic rings. The zero-order chi connectivity index (χ0) is 13.7. The lowest BCUT2D eigenvalue weighted by Crippen LogP contribution is -2.18. The highest BCUT2D eigenvalue weighted by molar-refractivity contribution is 8.02. The van der Waals surface area contributed by atoms with Gasteiger partial charge in [0.2, 0.25) is 5.13 Å². The lowest BCUT2D eigenvalue weighted by Gasteiger charge is -2.08. The molecule has 0 aromatic carbocycles. The molecular formula is C10H17N3O3S3. The summed E-state index contributed by atoms with van der Waals surface area (Å²) >= 11 is 2.87. The number of hydrogen-bond donors (Lipinski definition) is 1. The van der Waals surface area contributed by atoms with Gasteiger partial charge in [-0.3, -0.25) is 0 Å². The molecule has 0 amide bonds. The summed E-state index contributed by atoms with van der Waals surface area (Å²) in [4.78, 5) is 0. The maximum atomic E-state index is 11.0. The number of rotatable bonds is 7. The van der Waals surface area contributed by atoms with Gasteiger partial charge in [0, 0.05) is 25.2 Å². The minimum atomic E-state index is -2.91. The molecule has 1 N–H and O–H groups in total. The van der Waals surface area contributed by atoms with E-state index in [2.05, 4.69) is 15.5 Å². The number of ether oxygens (including phenoxy) is 1. The summed E-state index contributed by atoms with van der Waals surface area (Å²) in [7, 11) is -2.91. The molecule has 0 radical (unpaired) electrons. The van der Waals surface area contributed by atoms with Gasteiger partial charge in [0.15, 0.2) is 4.34 Å². The summed E-state index contributed by atoms with van der Waals surface area (Å²) in [5.41, 5.74) is 0. The third-order valence-corrected chi connectivity index (χ3v) is 5.81. The molecular weight excluding hydrogens is 306 g/mol. The van der Waals surface area contributed by atoms with Crippen LogP contribution in [0.5, 0.6) is 0 Å². The Labute approximate surface area is 121 Å². The van der Waals surface area contributed by atoms with Gasteiger partial charge in [-0.2, -0.15) is 0 Å². The first-order valence-corrected chi connectivity index (χ1v) is 9.89. The first-order chi connectivity index (χ1) is 9.03. The number of aromatic nitrogens is 2. The van der Waals surface area contributed by atoms with Gasteiger partial charge in [-0.05, 0) is 12.8 Å². The summed E-state index contributed by atoms with van der Waals surface area (Å²) in [5.74, 6) is 0.676. The van der Waals surface area contributed by atoms with Crippen LogP contribution in [0.15, 0.2) is 4.34 Å². The van der Waals surface area contributed by atoms with Gasteiger partial charge in [0.05, 0.1) is 11.9 Å². The Morgan fingerprint density at radius 1 is 1.53 bits per heavy atom. The van der Waals surface area contributed by atoms with Crippen molar-refractivity contribution < 1.29 is 13.2 Å². The van der Waals surface area contributed by atoms with Crippen molar-refractivity contribution in [2.75, 3.05) is 36.2 Å². The van der Waals surface area contributed by atoms with E-state index < -0.39 is 9.84 Å². The molecule has 1 fully saturated rings. The van der Waals surface area contributed by atoms with Crippen molar-refractivity contribution in [2.24, 2.45) is 0 Å². The van der Waals surface area contributed by atoms with E-state index in [-0.39, 0.29) is 11.9 Å². The molecule has 6 nitrogen and oxygen atoms in total. The maximum absolute atomic E-state index is 11.0. The monoisotopic (exact) mass is 323 g/mol. The van der Waals surface area contributed by atoms with Crippen LogP contribution in [0.4, 0.5) is 5.13 Å². The number of thioether (sulfide) groups is 1. The first kappa shape index (κ1) is 15.0. The second-order valence-corrected chi connectivity index (χ2v) is 8.95. The Hall–Kier alpha value is -0.380. The Balaban J connectivity index is 1.72. The van der Waals surface area contributed by atoms with Crippen molar-refractivity contribution in [1.29, 1.82) is 0 Å². The van der Waals surface area contributed by atoms with Crippen LogP contribution >= 0.6 is 23.1 Å². The highest BCUT2D eigenvalue weighted by Gasteiger charge is 2.15. The third kappa shape index (κ3) is 5.64. The summed E-state index contributed by atoms with van der Waals surface area (Å²) in [5, 5.41) is 12.0. The van der Waals surface area contributed by atoms with E-state index in [0.717, 1.165) is 35.5 Å². The molecule has 0 aliphatic carbocycles. The number of sulfone groups is 1. The minimum Gasteiger partial charge on any atom is -0.376 e. The zero-order valence-corrected chi connectivity index (χ0v) is 13.1. The van der Waals surface area contributed by atoms with Crippen molar-refractivity contribution in [3.8, 4) is 0 Å². The van der Waals surface area contributed by atoms with Crippen LogP contribution in [0.25, 0.3) is 0 Å². The predicted octanol–water partition coefficient (Wildman–Crippen LogP) is 1.27. The molecule has 9 heteroatoms. The van der Waals surface area contributed by atoms with Gasteiger partial charge < -0.3 is 10.1 Å². The molecule has 2 heterocycles. The Morgan fingerprint density at radius 2 is 2.37 bits per heavy atom. The number of anilines is 1. The smallest absolute Gasteiger partial charge is 0.206 e. The van der Waals surface area contributed by atoms with Crippen LogP contribution in [0, 0.1) is 0 Å². The number of nitrogens with zero attached hydrogens (tertiary/aromatic N) is 2. The van der Waals surface area contributed by atoms with Crippen molar-refractivity contribution >= 4 is 38.1 Å². The van der Waals surface area contributed by atoms with Crippen LogP contribution in [0.1, 0.15) is 12.8 Å². The molecule has 1 aliphatic heterocycles. The fourth-order valence-electron chi connectivity index (χ4n) is 1.63. The SMILES string of the molecule is CS(=O)(=O)CCSc1nnc(NCC2CCCO2)s1. The summed E-state index contributed by atoms with van der Waals surface area (Å²) < 4.78 is 28.3. The highest BCUT2D eigenvalue weighted by Crippen LogP contribution is 2.25. The summed E-state index contributed by atoms with van der Waals surface area (Å²) in [6.07, 6.45) is 3.71. The molecule has 0 saturated carbocycles. The number of hydrogen-bond acceptors (Lipinski definition) is 8. The van der Waals surface area contributed by atoms with E-state index in [4.69, 9.17) is 4.74 Å².